The third-order valence-electron chi connectivity index (χ3n) is 3.32. The molecule has 2 heterocycles. The second-order valence-electron chi connectivity index (χ2n) is 5.53. The fraction of sp³-hybridized carbons (Fsp3) is 1.00. The van der Waals surface area contributed by atoms with Crippen LogP contribution in [-0.2, 0) is 20.3 Å². The summed E-state index contributed by atoms with van der Waals surface area (Å²) in [5.74, 6) is 2.95. The summed E-state index contributed by atoms with van der Waals surface area (Å²) < 4.78 is 21.6. The van der Waals surface area contributed by atoms with E-state index >= 15 is 0 Å². The summed E-state index contributed by atoms with van der Waals surface area (Å²) >= 11 is 2.11. The van der Waals surface area contributed by atoms with Crippen molar-refractivity contribution in [2.75, 3.05) is 30.5 Å². The zero-order valence-corrected chi connectivity index (χ0v) is 18.8. The van der Waals surface area contributed by atoms with Crippen LogP contribution >= 0.6 is 11.8 Å². The van der Waals surface area contributed by atoms with Gasteiger partial charge in [-0.3, -0.25) is 4.21 Å². The van der Waals surface area contributed by atoms with Crippen LogP contribution < -0.4 is 0 Å². The van der Waals surface area contributed by atoms with E-state index in [9.17, 15) is 4.21 Å². The van der Waals surface area contributed by atoms with Gasteiger partial charge in [0.15, 0.2) is 0 Å². The van der Waals surface area contributed by atoms with Gasteiger partial charge in [0.25, 0.3) is 0 Å². The quantitative estimate of drug-likeness (QED) is 0.584. The van der Waals surface area contributed by atoms with Gasteiger partial charge in [-0.25, -0.2) is 0 Å². The van der Waals surface area contributed by atoms with E-state index in [1.807, 2.05) is 41.5 Å². The van der Waals surface area contributed by atoms with Crippen molar-refractivity contribution in [3.63, 3.8) is 0 Å². The zero-order valence-electron chi connectivity index (χ0n) is 17.1. The minimum absolute atomic E-state index is 0.265. The molecule has 2 fully saturated rings. The molecule has 0 aromatic heterocycles. The van der Waals surface area contributed by atoms with Crippen molar-refractivity contribution in [1.29, 1.82) is 0 Å². The Balaban J connectivity index is 0. The second-order valence-corrected chi connectivity index (χ2v) is 8.56. The maximum Gasteiger partial charge on any atom is 0.0702 e. The fourth-order valence-corrected chi connectivity index (χ4v) is 4.98. The van der Waals surface area contributed by atoms with Crippen molar-refractivity contribution in [3.8, 4) is 0 Å². The second kappa shape index (κ2) is 19.7. The van der Waals surface area contributed by atoms with Crippen LogP contribution in [0, 0.1) is 0 Å². The predicted octanol–water partition coefficient (Wildman–Crippen LogP) is 5.29. The lowest BCUT2D eigenvalue weighted by molar-refractivity contribution is 0.0236. The number of hydrogen-bond acceptors (Lipinski definition) is 4. The summed E-state index contributed by atoms with van der Waals surface area (Å²) in [5.41, 5.74) is 0. The SMILES string of the molecule is CC.CC.CC(C)OC1CCS(=O)C1.CCOCCC1CCCS1. The summed E-state index contributed by atoms with van der Waals surface area (Å²) in [6.45, 7) is 15.9. The molecule has 2 aliphatic rings. The Morgan fingerprint density at radius 1 is 1.17 bits per heavy atom. The summed E-state index contributed by atoms with van der Waals surface area (Å²) in [6, 6.07) is 0. The molecule has 2 rings (SSSR count). The van der Waals surface area contributed by atoms with Crippen LogP contribution in [0.2, 0.25) is 0 Å². The van der Waals surface area contributed by atoms with Crippen LogP contribution in [0.5, 0.6) is 0 Å². The molecule has 2 aliphatic heterocycles. The van der Waals surface area contributed by atoms with Crippen LogP contribution in [0.15, 0.2) is 0 Å². The smallest absolute Gasteiger partial charge is 0.0702 e. The first-order chi connectivity index (χ1) is 11.6. The first-order valence-electron chi connectivity index (χ1n) is 9.81. The van der Waals surface area contributed by atoms with Gasteiger partial charge in [0.05, 0.1) is 12.2 Å². The highest BCUT2D eigenvalue weighted by Crippen LogP contribution is 2.28. The molecule has 0 bridgehead atoms. The van der Waals surface area contributed by atoms with E-state index in [1.54, 1.807) is 0 Å². The molecule has 0 amide bonds. The lowest BCUT2D eigenvalue weighted by atomic mass is 10.2. The summed E-state index contributed by atoms with van der Waals surface area (Å²) in [6.07, 6.45) is 5.61. The van der Waals surface area contributed by atoms with Gasteiger partial charge in [0.1, 0.15) is 0 Å². The molecule has 0 radical (unpaired) electrons. The molecule has 0 saturated carbocycles. The van der Waals surface area contributed by atoms with Crippen LogP contribution in [-0.4, -0.2) is 52.1 Å². The summed E-state index contributed by atoms with van der Waals surface area (Å²) in [4.78, 5) is 0. The van der Waals surface area contributed by atoms with Gasteiger partial charge < -0.3 is 9.47 Å². The fourth-order valence-electron chi connectivity index (χ4n) is 2.36. The van der Waals surface area contributed by atoms with E-state index in [4.69, 9.17) is 9.47 Å². The molecule has 24 heavy (non-hydrogen) atoms. The first-order valence-corrected chi connectivity index (χ1v) is 12.3. The standard InChI is InChI=1S/C8H16OS.C7H14O2S.2C2H6/c1-2-9-6-5-8-4-3-7-10-8;1-6(2)9-7-3-4-10(8)5-7;2*1-2/h8H,2-7H2,1H3;6-7H,3-5H2,1-2H3;2*1-2H3. The topological polar surface area (TPSA) is 35.5 Å². The van der Waals surface area contributed by atoms with Gasteiger partial charge in [-0.05, 0) is 52.2 Å². The Bertz CT molecular complexity index is 267. The lowest BCUT2D eigenvalue weighted by Gasteiger charge is -2.12. The average molecular weight is 383 g/mol. The van der Waals surface area contributed by atoms with Crippen LogP contribution in [0.1, 0.15) is 74.1 Å². The zero-order chi connectivity index (χ0) is 18.8. The Morgan fingerprint density at radius 3 is 2.25 bits per heavy atom. The van der Waals surface area contributed by atoms with Crippen molar-refractivity contribution < 1.29 is 13.7 Å². The highest BCUT2D eigenvalue weighted by atomic mass is 32.2. The molecule has 3 unspecified atom stereocenters. The maximum atomic E-state index is 10.9. The third-order valence-corrected chi connectivity index (χ3v) is 6.22. The third kappa shape index (κ3) is 15.9. The Labute approximate surface area is 158 Å². The molecule has 0 aromatic carbocycles. The number of ether oxygens (including phenoxy) is 2. The summed E-state index contributed by atoms with van der Waals surface area (Å²) in [5, 5.41) is 0.909. The minimum Gasteiger partial charge on any atom is -0.382 e. The van der Waals surface area contributed by atoms with Crippen molar-refractivity contribution in [1.82, 2.24) is 0 Å². The molecule has 0 aromatic rings. The highest BCUT2D eigenvalue weighted by molar-refractivity contribution is 8.00. The van der Waals surface area contributed by atoms with E-state index in [2.05, 4.69) is 18.7 Å². The molecule has 0 N–H and O–H groups in total. The molecule has 0 spiro atoms. The van der Waals surface area contributed by atoms with E-state index < -0.39 is 10.8 Å². The Morgan fingerprint density at radius 2 is 1.83 bits per heavy atom. The van der Waals surface area contributed by atoms with Crippen molar-refractivity contribution in [2.45, 2.75) is 91.6 Å². The maximum absolute atomic E-state index is 10.9. The van der Waals surface area contributed by atoms with Crippen molar-refractivity contribution >= 4 is 22.6 Å². The van der Waals surface area contributed by atoms with Gasteiger partial charge in [0.2, 0.25) is 0 Å². The Hall–Kier alpha value is 0.420. The number of hydrogen-bond donors (Lipinski definition) is 0. The Kier molecular flexibility index (Phi) is 21.9. The molecule has 148 valence electrons. The first kappa shape index (κ1) is 26.6. The van der Waals surface area contributed by atoms with E-state index in [-0.39, 0.29) is 12.2 Å². The van der Waals surface area contributed by atoms with Gasteiger partial charge in [-0.2, -0.15) is 11.8 Å². The van der Waals surface area contributed by atoms with E-state index in [0.717, 1.165) is 36.4 Å². The number of thioether (sulfide) groups is 1. The lowest BCUT2D eigenvalue weighted by Crippen LogP contribution is -2.17. The molecular formula is C19H42O3S2. The molecule has 3 nitrogen and oxygen atoms in total. The largest absolute Gasteiger partial charge is 0.382 e. The molecule has 5 heteroatoms. The molecule has 3 atom stereocenters. The van der Waals surface area contributed by atoms with Crippen LogP contribution in [0.25, 0.3) is 0 Å². The van der Waals surface area contributed by atoms with Gasteiger partial charge in [-0.15, -0.1) is 0 Å². The van der Waals surface area contributed by atoms with Gasteiger partial charge in [-0.1, -0.05) is 27.7 Å². The van der Waals surface area contributed by atoms with Crippen molar-refractivity contribution in [3.05, 3.63) is 0 Å². The van der Waals surface area contributed by atoms with Gasteiger partial charge in [0, 0.05) is 40.8 Å². The van der Waals surface area contributed by atoms with E-state index in [1.165, 1.54) is 25.0 Å². The average Bonchev–Trinajstić information content (AvgIpc) is 3.24. The van der Waals surface area contributed by atoms with Crippen LogP contribution in [0.3, 0.4) is 0 Å². The molecule has 2 saturated heterocycles. The van der Waals surface area contributed by atoms with Crippen molar-refractivity contribution in [2.24, 2.45) is 0 Å². The minimum atomic E-state index is -0.594. The normalized spacial score (nSPS) is 25.1. The molecular weight excluding hydrogens is 340 g/mol. The summed E-state index contributed by atoms with van der Waals surface area (Å²) in [7, 11) is -0.594. The number of rotatable bonds is 6. The van der Waals surface area contributed by atoms with Crippen LogP contribution in [0.4, 0.5) is 0 Å². The predicted molar refractivity (Wildman–Crippen MR) is 112 cm³/mol. The monoisotopic (exact) mass is 382 g/mol. The molecule has 0 aliphatic carbocycles. The van der Waals surface area contributed by atoms with E-state index in [0.29, 0.717) is 0 Å². The van der Waals surface area contributed by atoms with Gasteiger partial charge >= 0.3 is 0 Å². The highest BCUT2D eigenvalue weighted by Gasteiger charge is 2.22.